The number of fused-ring (bicyclic) bond motifs is 1. The van der Waals surface area contributed by atoms with Gasteiger partial charge in [0.2, 0.25) is 5.78 Å². The van der Waals surface area contributed by atoms with Gasteiger partial charge in [0, 0.05) is 16.6 Å². The summed E-state index contributed by atoms with van der Waals surface area (Å²) in [6, 6.07) is 8.15. The van der Waals surface area contributed by atoms with E-state index in [2.05, 4.69) is 18.8 Å². The number of piperidine rings is 1. The lowest BCUT2D eigenvalue weighted by molar-refractivity contribution is -0.919. The second-order valence-corrected chi connectivity index (χ2v) is 6.60. The number of aryl methyl sites for hydroxylation is 1. The van der Waals surface area contributed by atoms with Crippen LogP contribution in [0.5, 0.6) is 0 Å². The summed E-state index contributed by atoms with van der Waals surface area (Å²) in [6.45, 7) is 8.65. The van der Waals surface area contributed by atoms with Crippen LogP contribution in [-0.4, -0.2) is 29.9 Å². The normalized spacial score (nSPS) is 24.1. The molecule has 0 amide bonds. The number of carbonyl (C=O) groups is 1. The third-order valence-corrected chi connectivity index (χ3v) is 5.06. The number of carbonyl (C=O) groups excluding carboxylic acids is 1. The number of likely N-dealkylation sites (tertiary alicyclic amines) is 1. The van der Waals surface area contributed by atoms with Crippen molar-refractivity contribution in [2.24, 2.45) is 5.92 Å². The zero-order chi connectivity index (χ0) is 15.0. The molecule has 1 aliphatic rings. The molecule has 1 atom stereocenters. The molecule has 1 aliphatic heterocycles. The molecule has 0 radical (unpaired) electrons. The first-order valence-electron chi connectivity index (χ1n) is 8.04. The molecule has 2 heterocycles. The predicted octanol–water partition coefficient (Wildman–Crippen LogP) is 2.36. The van der Waals surface area contributed by atoms with Crippen LogP contribution in [0.3, 0.4) is 0 Å². The minimum Gasteiger partial charge on any atom is -0.358 e. The number of rotatable bonds is 3. The van der Waals surface area contributed by atoms with Gasteiger partial charge in [0.15, 0.2) is 0 Å². The highest BCUT2D eigenvalue weighted by Crippen LogP contribution is 2.23. The molecular weight excluding hydrogens is 260 g/mol. The van der Waals surface area contributed by atoms with E-state index in [-0.39, 0.29) is 11.8 Å². The van der Waals surface area contributed by atoms with Crippen molar-refractivity contribution in [2.45, 2.75) is 39.7 Å². The van der Waals surface area contributed by atoms with Crippen LogP contribution in [0.2, 0.25) is 0 Å². The van der Waals surface area contributed by atoms with Gasteiger partial charge in [-0.25, -0.2) is 0 Å². The van der Waals surface area contributed by atoms with Crippen molar-refractivity contribution < 1.29 is 9.69 Å². The van der Waals surface area contributed by atoms with Crippen LogP contribution in [0.1, 0.15) is 42.7 Å². The Bertz CT molecular complexity index is 650. The maximum absolute atomic E-state index is 13.0. The standard InChI is InChI=1S/C18H24N2O/c1-12-8-10-20(11-9-12)14(3)18(21)17-13(2)19-16-7-5-4-6-15(16)17/h4-7,12,14,19H,8-11H2,1-3H3/p+1/t14-/m1/s1. The van der Waals surface area contributed by atoms with Gasteiger partial charge in [-0.05, 0) is 38.7 Å². The summed E-state index contributed by atoms with van der Waals surface area (Å²) < 4.78 is 0. The second kappa shape index (κ2) is 5.64. The van der Waals surface area contributed by atoms with Gasteiger partial charge in [-0.3, -0.25) is 4.79 Å². The van der Waals surface area contributed by atoms with Gasteiger partial charge in [0.25, 0.3) is 0 Å². The number of para-hydroxylation sites is 1. The SMILES string of the molecule is Cc1[nH]c2ccccc2c1C(=O)[C@@H](C)[NH+]1CCC(C)CC1. The van der Waals surface area contributed by atoms with Gasteiger partial charge in [-0.1, -0.05) is 25.1 Å². The van der Waals surface area contributed by atoms with E-state index in [4.69, 9.17) is 0 Å². The van der Waals surface area contributed by atoms with Gasteiger partial charge in [-0.2, -0.15) is 0 Å². The molecule has 0 saturated carbocycles. The Labute approximate surface area is 126 Å². The van der Waals surface area contributed by atoms with Crippen LogP contribution >= 0.6 is 0 Å². The lowest BCUT2D eigenvalue weighted by Gasteiger charge is -2.31. The third kappa shape index (κ3) is 2.62. The molecule has 3 heteroatoms. The van der Waals surface area contributed by atoms with E-state index in [1.807, 2.05) is 31.2 Å². The molecule has 112 valence electrons. The van der Waals surface area contributed by atoms with Crippen molar-refractivity contribution in [1.82, 2.24) is 4.98 Å². The summed E-state index contributed by atoms with van der Waals surface area (Å²) in [5.41, 5.74) is 2.95. The lowest BCUT2D eigenvalue weighted by Crippen LogP contribution is -3.17. The van der Waals surface area contributed by atoms with Crippen LogP contribution in [0.25, 0.3) is 10.9 Å². The number of hydrogen-bond donors (Lipinski definition) is 2. The molecular formula is C18H25N2O+. The summed E-state index contributed by atoms with van der Waals surface area (Å²) in [4.78, 5) is 17.8. The molecule has 3 nitrogen and oxygen atoms in total. The molecule has 3 rings (SSSR count). The number of aromatic amines is 1. The highest BCUT2D eigenvalue weighted by molar-refractivity contribution is 6.10. The number of quaternary nitrogens is 1. The molecule has 21 heavy (non-hydrogen) atoms. The molecule has 1 aromatic heterocycles. The molecule has 2 N–H and O–H groups in total. The van der Waals surface area contributed by atoms with Gasteiger partial charge in [0.05, 0.1) is 18.7 Å². The quantitative estimate of drug-likeness (QED) is 0.835. The van der Waals surface area contributed by atoms with Crippen LogP contribution in [-0.2, 0) is 0 Å². The topological polar surface area (TPSA) is 37.3 Å². The summed E-state index contributed by atoms with van der Waals surface area (Å²) in [5, 5.41) is 1.07. The fourth-order valence-corrected chi connectivity index (χ4v) is 3.56. The Hall–Kier alpha value is -1.61. The molecule has 0 spiro atoms. The third-order valence-electron chi connectivity index (χ3n) is 5.06. The molecule has 2 aromatic rings. The zero-order valence-corrected chi connectivity index (χ0v) is 13.2. The number of benzene rings is 1. The fourth-order valence-electron chi connectivity index (χ4n) is 3.56. The lowest BCUT2D eigenvalue weighted by atomic mass is 9.95. The zero-order valence-electron chi connectivity index (χ0n) is 13.2. The summed E-state index contributed by atoms with van der Waals surface area (Å²) in [7, 11) is 0. The van der Waals surface area contributed by atoms with E-state index in [0.717, 1.165) is 41.2 Å². The monoisotopic (exact) mass is 285 g/mol. The fraction of sp³-hybridized carbons (Fsp3) is 0.500. The molecule has 1 fully saturated rings. The highest BCUT2D eigenvalue weighted by Gasteiger charge is 2.31. The number of aromatic nitrogens is 1. The number of ketones is 1. The Kier molecular flexibility index (Phi) is 3.85. The van der Waals surface area contributed by atoms with Crippen molar-refractivity contribution in [2.75, 3.05) is 13.1 Å². The van der Waals surface area contributed by atoms with Crippen molar-refractivity contribution in [3.8, 4) is 0 Å². The Balaban J connectivity index is 1.88. The predicted molar refractivity (Wildman–Crippen MR) is 85.9 cm³/mol. The number of H-pyrrole nitrogens is 1. The summed E-state index contributed by atoms with van der Waals surface area (Å²) >= 11 is 0. The molecule has 0 unspecified atom stereocenters. The Morgan fingerprint density at radius 1 is 1.29 bits per heavy atom. The van der Waals surface area contributed by atoms with Crippen LogP contribution < -0.4 is 4.90 Å². The Morgan fingerprint density at radius 2 is 1.95 bits per heavy atom. The first-order chi connectivity index (χ1) is 10.1. The molecule has 0 aliphatic carbocycles. The van der Waals surface area contributed by atoms with E-state index >= 15 is 0 Å². The van der Waals surface area contributed by atoms with Crippen molar-refractivity contribution in [1.29, 1.82) is 0 Å². The van der Waals surface area contributed by atoms with Crippen molar-refractivity contribution in [3.05, 3.63) is 35.5 Å². The van der Waals surface area contributed by atoms with Crippen molar-refractivity contribution >= 4 is 16.7 Å². The minimum atomic E-state index is 0.0513. The van der Waals surface area contributed by atoms with E-state index < -0.39 is 0 Å². The first-order valence-corrected chi connectivity index (χ1v) is 8.04. The van der Waals surface area contributed by atoms with E-state index in [9.17, 15) is 4.79 Å². The maximum atomic E-state index is 13.0. The van der Waals surface area contributed by atoms with Crippen LogP contribution in [0.15, 0.2) is 24.3 Å². The average molecular weight is 285 g/mol. The number of nitrogens with one attached hydrogen (secondary N) is 2. The highest BCUT2D eigenvalue weighted by atomic mass is 16.1. The van der Waals surface area contributed by atoms with E-state index in [1.165, 1.54) is 17.7 Å². The number of hydrogen-bond acceptors (Lipinski definition) is 1. The van der Waals surface area contributed by atoms with Gasteiger partial charge in [-0.15, -0.1) is 0 Å². The van der Waals surface area contributed by atoms with Crippen LogP contribution in [0, 0.1) is 12.8 Å². The maximum Gasteiger partial charge on any atom is 0.222 e. The van der Waals surface area contributed by atoms with Gasteiger partial charge < -0.3 is 9.88 Å². The molecule has 1 saturated heterocycles. The minimum absolute atomic E-state index is 0.0513. The van der Waals surface area contributed by atoms with E-state index in [1.54, 1.807) is 0 Å². The van der Waals surface area contributed by atoms with Gasteiger partial charge >= 0.3 is 0 Å². The smallest absolute Gasteiger partial charge is 0.222 e. The summed E-state index contributed by atoms with van der Waals surface area (Å²) in [6.07, 6.45) is 2.47. The second-order valence-electron chi connectivity index (χ2n) is 6.60. The number of Topliss-reactive ketones (excluding diaryl/α,β-unsaturated/α-hetero) is 1. The largest absolute Gasteiger partial charge is 0.358 e. The molecule has 1 aromatic carbocycles. The summed E-state index contributed by atoms with van der Waals surface area (Å²) in [5.74, 6) is 1.10. The van der Waals surface area contributed by atoms with E-state index in [0.29, 0.717) is 0 Å². The van der Waals surface area contributed by atoms with Crippen LogP contribution in [0.4, 0.5) is 0 Å². The Morgan fingerprint density at radius 3 is 2.67 bits per heavy atom. The molecule has 0 bridgehead atoms. The average Bonchev–Trinajstić information content (AvgIpc) is 2.82. The van der Waals surface area contributed by atoms with Crippen molar-refractivity contribution in [3.63, 3.8) is 0 Å². The van der Waals surface area contributed by atoms with Gasteiger partial charge in [0.1, 0.15) is 6.04 Å². The first kappa shape index (κ1) is 14.3.